The standard InChI is InChI=1S/C21H31NO6S/c1-6-22(17-9-10-29(25,26)13-17)21(24)16(5)28-20(23)12-27-18-7-8-19(14(2)3)15(4)11-18/h7-8,11,14,16-17H,6,9-10,12-13H2,1-5H3/t16-,17-/m0/s1. The molecular weight excluding hydrogens is 394 g/mol. The third kappa shape index (κ3) is 6.19. The summed E-state index contributed by atoms with van der Waals surface area (Å²) in [6.07, 6.45) is -0.586. The lowest BCUT2D eigenvalue weighted by Gasteiger charge is -2.29. The molecule has 29 heavy (non-hydrogen) atoms. The zero-order valence-electron chi connectivity index (χ0n) is 17.8. The van der Waals surface area contributed by atoms with Gasteiger partial charge in [0.2, 0.25) is 0 Å². The molecule has 1 heterocycles. The SMILES string of the molecule is CCN(C(=O)[C@H](C)OC(=O)COc1ccc(C(C)C)c(C)c1)[C@H]1CCS(=O)(=O)C1. The van der Waals surface area contributed by atoms with E-state index in [0.29, 0.717) is 24.6 Å². The van der Waals surface area contributed by atoms with E-state index in [2.05, 4.69) is 13.8 Å². The summed E-state index contributed by atoms with van der Waals surface area (Å²) in [6, 6.07) is 5.29. The molecule has 1 fully saturated rings. The summed E-state index contributed by atoms with van der Waals surface area (Å²) in [7, 11) is -3.11. The smallest absolute Gasteiger partial charge is 0.344 e. The summed E-state index contributed by atoms with van der Waals surface area (Å²) in [5.74, 6) is -0.0290. The molecule has 0 unspecified atom stereocenters. The monoisotopic (exact) mass is 425 g/mol. The fraction of sp³-hybridized carbons (Fsp3) is 0.619. The van der Waals surface area contributed by atoms with Crippen LogP contribution >= 0.6 is 0 Å². The third-order valence-corrected chi connectivity index (χ3v) is 6.90. The van der Waals surface area contributed by atoms with Gasteiger partial charge in [-0.15, -0.1) is 0 Å². The number of ether oxygens (including phenoxy) is 2. The van der Waals surface area contributed by atoms with Gasteiger partial charge >= 0.3 is 5.97 Å². The van der Waals surface area contributed by atoms with Crippen molar-refractivity contribution in [3.63, 3.8) is 0 Å². The molecule has 0 bridgehead atoms. The first-order valence-electron chi connectivity index (χ1n) is 9.97. The molecule has 1 aromatic carbocycles. The van der Waals surface area contributed by atoms with Gasteiger partial charge in [-0.3, -0.25) is 4.79 Å². The van der Waals surface area contributed by atoms with Crippen molar-refractivity contribution in [1.82, 2.24) is 4.90 Å². The minimum Gasteiger partial charge on any atom is -0.482 e. The van der Waals surface area contributed by atoms with Gasteiger partial charge in [-0.1, -0.05) is 19.9 Å². The van der Waals surface area contributed by atoms with E-state index in [1.165, 1.54) is 17.4 Å². The molecule has 0 aliphatic carbocycles. The van der Waals surface area contributed by atoms with E-state index >= 15 is 0 Å². The summed E-state index contributed by atoms with van der Waals surface area (Å²) in [5, 5.41) is 0. The summed E-state index contributed by atoms with van der Waals surface area (Å²) in [4.78, 5) is 26.2. The number of likely N-dealkylation sites (N-methyl/N-ethyl adjacent to an activating group) is 1. The molecule has 0 spiro atoms. The van der Waals surface area contributed by atoms with E-state index in [-0.39, 0.29) is 30.1 Å². The Balaban J connectivity index is 1.89. The highest BCUT2D eigenvalue weighted by atomic mass is 32.2. The van der Waals surface area contributed by atoms with Crippen molar-refractivity contribution in [3.05, 3.63) is 29.3 Å². The molecule has 0 saturated carbocycles. The van der Waals surface area contributed by atoms with E-state index in [1.54, 1.807) is 6.92 Å². The Morgan fingerprint density at radius 1 is 1.24 bits per heavy atom. The van der Waals surface area contributed by atoms with Crippen LogP contribution in [0.5, 0.6) is 5.75 Å². The molecule has 1 aliphatic rings. The van der Waals surface area contributed by atoms with Crippen LogP contribution in [0.3, 0.4) is 0 Å². The molecule has 8 heteroatoms. The number of carbonyl (C=O) groups is 2. The lowest BCUT2D eigenvalue weighted by atomic mass is 9.98. The number of sulfone groups is 1. The Kier molecular flexibility index (Phi) is 7.68. The van der Waals surface area contributed by atoms with Crippen molar-refractivity contribution in [2.24, 2.45) is 0 Å². The number of amides is 1. The fourth-order valence-corrected chi connectivity index (χ4v) is 5.39. The maximum Gasteiger partial charge on any atom is 0.344 e. The highest BCUT2D eigenvalue weighted by molar-refractivity contribution is 7.91. The van der Waals surface area contributed by atoms with Gasteiger partial charge in [0.1, 0.15) is 5.75 Å². The number of carbonyl (C=O) groups excluding carboxylic acids is 2. The van der Waals surface area contributed by atoms with E-state index in [4.69, 9.17) is 9.47 Å². The Bertz CT molecular complexity index is 849. The Morgan fingerprint density at radius 2 is 1.93 bits per heavy atom. The van der Waals surface area contributed by atoms with Crippen LogP contribution in [-0.4, -0.2) is 62.0 Å². The van der Waals surface area contributed by atoms with Crippen LogP contribution in [0.15, 0.2) is 18.2 Å². The van der Waals surface area contributed by atoms with Crippen molar-refractivity contribution in [2.75, 3.05) is 24.7 Å². The fourth-order valence-electron chi connectivity index (χ4n) is 3.66. The first kappa shape index (κ1) is 23.2. The molecule has 0 aromatic heterocycles. The first-order chi connectivity index (χ1) is 13.5. The molecule has 0 N–H and O–H groups in total. The van der Waals surface area contributed by atoms with Gasteiger partial charge in [0.05, 0.1) is 11.5 Å². The minimum absolute atomic E-state index is 0.0396. The number of esters is 1. The second-order valence-corrected chi connectivity index (χ2v) is 10.0. The predicted molar refractivity (Wildman–Crippen MR) is 111 cm³/mol. The third-order valence-electron chi connectivity index (χ3n) is 5.15. The van der Waals surface area contributed by atoms with Crippen LogP contribution in [0.25, 0.3) is 0 Å². The normalized spacial score (nSPS) is 19.0. The maximum atomic E-state index is 12.6. The van der Waals surface area contributed by atoms with Crippen LogP contribution in [0.4, 0.5) is 0 Å². The van der Waals surface area contributed by atoms with Crippen LogP contribution in [0.1, 0.15) is 51.2 Å². The second-order valence-electron chi connectivity index (χ2n) is 7.77. The minimum atomic E-state index is -3.11. The van der Waals surface area contributed by atoms with Gasteiger partial charge in [-0.05, 0) is 56.4 Å². The Morgan fingerprint density at radius 3 is 2.45 bits per heavy atom. The average molecular weight is 426 g/mol. The Labute approximate surface area is 173 Å². The molecule has 2 rings (SSSR count). The van der Waals surface area contributed by atoms with Crippen LogP contribution < -0.4 is 4.74 Å². The predicted octanol–water partition coefficient (Wildman–Crippen LogP) is 2.46. The molecule has 1 saturated heterocycles. The quantitative estimate of drug-likeness (QED) is 0.595. The molecule has 7 nitrogen and oxygen atoms in total. The van der Waals surface area contributed by atoms with Crippen LogP contribution in [0, 0.1) is 6.92 Å². The number of benzene rings is 1. The average Bonchev–Trinajstić information content (AvgIpc) is 2.99. The molecule has 0 radical (unpaired) electrons. The van der Waals surface area contributed by atoms with Crippen LogP contribution in [0.2, 0.25) is 0 Å². The topological polar surface area (TPSA) is 90.0 Å². The molecule has 1 aromatic rings. The lowest BCUT2D eigenvalue weighted by Crippen LogP contribution is -2.46. The van der Waals surface area contributed by atoms with E-state index in [1.807, 2.05) is 25.1 Å². The number of nitrogens with zero attached hydrogens (tertiary/aromatic N) is 1. The van der Waals surface area contributed by atoms with Crippen LogP contribution in [-0.2, 0) is 24.2 Å². The summed E-state index contributed by atoms with van der Waals surface area (Å²) < 4.78 is 34.1. The van der Waals surface area contributed by atoms with E-state index < -0.39 is 21.9 Å². The van der Waals surface area contributed by atoms with Gasteiger partial charge in [-0.2, -0.15) is 0 Å². The van der Waals surface area contributed by atoms with Gasteiger partial charge in [0, 0.05) is 12.6 Å². The van der Waals surface area contributed by atoms with E-state index in [0.717, 1.165) is 5.56 Å². The first-order valence-corrected chi connectivity index (χ1v) is 11.8. The van der Waals surface area contributed by atoms with Gasteiger partial charge < -0.3 is 14.4 Å². The van der Waals surface area contributed by atoms with Crippen molar-refractivity contribution in [1.29, 1.82) is 0 Å². The van der Waals surface area contributed by atoms with Crippen molar-refractivity contribution < 1.29 is 27.5 Å². The summed E-state index contributed by atoms with van der Waals surface area (Å²) in [5.41, 5.74) is 2.30. The second kappa shape index (κ2) is 9.61. The zero-order valence-corrected chi connectivity index (χ0v) is 18.6. The molecule has 1 amide bonds. The number of aryl methyl sites for hydroxylation is 1. The molecule has 2 atom stereocenters. The van der Waals surface area contributed by atoms with Crippen molar-refractivity contribution >= 4 is 21.7 Å². The van der Waals surface area contributed by atoms with Crippen molar-refractivity contribution in [2.45, 2.75) is 59.1 Å². The summed E-state index contributed by atoms with van der Waals surface area (Å²) in [6.45, 7) is 9.54. The molecule has 1 aliphatic heterocycles. The van der Waals surface area contributed by atoms with Gasteiger partial charge in [-0.25, -0.2) is 13.2 Å². The highest BCUT2D eigenvalue weighted by Gasteiger charge is 2.36. The number of rotatable bonds is 8. The lowest BCUT2D eigenvalue weighted by molar-refractivity contribution is -0.161. The zero-order chi connectivity index (χ0) is 21.8. The largest absolute Gasteiger partial charge is 0.482 e. The van der Waals surface area contributed by atoms with Gasteiger partial charge in [0.15, 0.2) is 22.5 Å². The molecular formula is C21H31NO6S. The Hall–Kier alpha value is -2.09. The molecule has 162 valence electrons. The number of hydrogen-bond donors (Lipinski definition) is 0. The maximum absolute atomic E-state index is 12.6. The van der Waals surface area contributed by atoms with Crippen molar-refractivity contribution in [3.8, 4) is 5.75 Å². The van der Waals surface area contributed by atoms with E-state index in [9.17, 15) is 18.0 Å². The van der Waals surface area contributed by atoms with Gasteiger partial charge in [0.25, 0.3) is 5.91 Å². The highest BCUT2D eigenvalue weighted by Crippen LogP contribution is 2.23. The summed E-state index contributed by atoms with van der Waals surface area (Å²) >= 11 is 0. The number of hydrogen-bond acceptors (Lipinski definition) is 6.